The van der Waals surface area contributed by atoms with Crippen molar-refractivity contribution in [2.24, 2.45) is 23.7 Å². The summed E-state index contributed by atoms with van der Waals surface area (Å²) in [7, 11) is 1.69. The highest BCUT2D eigenvalue weighted by atomic mass is 16.5. The Bertz CT molecular complexity index is 1210. The largest absolute Gasteiger partial charge is 0.493 e. The molecule has 0 radical (unpaired) electrons. The van der Waals surface area contributed by atoms with Gasteiger partial charge in [-0.05, 0) is 68.1 Å². The van der Waals surface area contributed by atoms with E-state index < -0.39 is 0 Å². The first kappa shape index (κ1) is 23.7. The molecule has 2 fully saturated rings. The number of rotatable bonds is 2. The summed E-state index contributed by atoms with van der Waals surface area (Å²) >= 11 is 0. The summed E-state index contributed by atoms with van der Waals surface area (Å²) in [5.41, 5.74) is 4.04. The molecule has 0 aromatic carbocycles. The minimum Gasteiger partial charge on any atom is -0.493 e. The van der Waals surface area contributed by atoms with Crippen molar-refractivity contribution in [1.82, 2.24) is 9.38 Å². The zero-order valence-corrected chi connectivity index (χ0v) is 21.7. The first-order chi connectivity index (χ1) is 17.5. The van der Waals surface area contributed by atoms with Gasteiger partial charge < -0.3 is 13.9 Å². The number of carbonyl (C=O) groups excluding carboxylic acids is 2. The molecule has 4 aliphatic rings. The Labute approximate surface area is 213 Å². The number of ketones is 1. The van der Waals surface area contributed by atoms with Crippen LogP contribution in [-0.4, -0.2) is 34.4 Å². The number of esters is 1. The lowest BCUT2D eigenvalue weighted by Crippen LogP contribution is -2.33. The highest BCUT2D eigenvalue weighted by Crippen LogP contribution is 2.61. The number of cyclic esters (lactones) is 1. The molecule has 1 saturated carbocycles. The van der Waals surface area contributed by atoms with Gasteiger partial charge in [0, 0.05) is 35.6 Å². The minimum absolute atomic E-state index is 0.0190. The van der Waals surface area contributed by atoms with Crippen LogP contribution in [0.25, 0.3) is 5.65 Å². The van der Waals surface area contributed by atoms with Crippen LogP contribution in [0.3, 0.4) is 0 Å². The molecule has 36 heavy (non-hydrogen) atoms. The summed E-state index contributed by atoms with van der Waals surface area (Å²) in [4.78, 5) is 32.3. The molecule has 0 bridgehead atoms. The fourth-order valence-corrected chi connectivity index (χ4v) is 7.80. The van der Waals surface area contributed by atoms with Crippen LogP contribution in [0.2, 0.25) is 0 Å². The maximum Gasteiger partial charge on any atom is 0.306 e. The predicted molar refractivity (Wildman–Crippen MR) is 137 cm³/mol. The maximum absolute atomic E-state index is 13.8. The van der Waals surface area contributed by atoms with E-state index >= 15 is 0 Å². The number of allylic oxidation sites excluding steroid dienone is 2. The number of Topliss-reactive ketones (excluding diaryl/α,β-unsaturated/α-hetero) is 1. The van der Waals surface area contributed by atoms with Crippen LogP contribution >= 0.6 is 0 Å². The van der Waals surface area contributed by atoms with E-state index in [1.807, 2.05) is 12.1 Å². The summed E-state index contributed by atoms with van der Waals surface area (Å²) in [6.07, 6.45) is 12.7. The Hall–Kier alpha value is -2.63. The Kier molecular flexibility index (Phi) is 6.17. The van der Waals surface area contributed by atoms with Gasteiger partial charge in [-0.3, -0.25) is 9.59 Å². The first-order valence-electron chi connectivity index (χ1n) is 14.0. The van der Waals surface area contributed by atoms with E-state index in [9.17, 15) is 9.59 Å². The van der Waals surface area contributed by atoms with Crippen LogP contribution in [-0.2, 0) is 14.3 Å². The molecule has 2 aromatic rings. The zero-order chi connectivity index (χ0) is 25.0. The van der Waals surface area contributed by atoms with Crippen molar-refractivity contribution in [1.29, 1.82) is 0 Å². The fraction of sp³-hybridized carbons (Fsp3) is 0.633. The van der Waals surface area contributed by atoms with Gasteiger partial charge in [0.25, 0.3) is 0 Å². The molecule has 1 aliphatic heterocycles. The van der Waals surface area contributed by atoms with E-state index in [0.717, 1.165) is 67.6 Å². The van der Waals surface area contributed by atoms with Crippen LogP contribution in [0.5, 0.6) is 5.75 Å². The topological polar surface area (TPSA) is 69.9 Å². The molecule has 1 saturated heterocycles. The van der Waals surface area contributed by atoms with Crippen LogP contribution in [0.15, 0.2) is 30.0 Å². The van der Waals surface area contributed by atoms with Crippen molar-refractivity contribution < 1.29 is 19.1 Å². The third-order valence-corrected chi connectivity index (χ3v) is 9.54. The SMILES string of the molecule is CC[C@H]1CCCC[C@@H](C)C(=O)C2=C[C@@H]3C(c4nc5c(OC)cccn5c4C4CCC[C@H]43)[C@@H]2CC(=O)O1. The molecule has 0 spiro atoms. The molecule has 0 amide bonds. The van der Waals surface area contributed by atoms with Crippen LogP contribution in [0.1, 0.15) is 94.9 Å². The van der Waals surface area contributed by atoms with Crippen molar-refractivity contribution in [2.45, 2.75) is 89.6 Å². The Morgan fingerprint density at radius 2 is 1.94 bits per heavy atom. The smallest absolute Gasteiger partial charge is 0.306 e. The average molecular weight is 491 g/mol. The molecule has 3 heterocycles. The van der Waals surface area contributed by atoms with Crippen molar-refractivity contribution in [3.8, 4) is 5.75 Å². The number of imidazole rings is 1. The molecular formula is C30H38N2O4. The predicted octanol–water partition coefficient (Wildman–Crippen LogP) is 5.99. The molecule has 6 nitrogen and oxygen atoms in total. The molecule has 192 valence electrons. The molecular weight excluding hydrogens is 452 g/mol. The van der Waals surface area contributed by atoms with E-state index in [-0.39, 0.29) is 47.9 Å². The van der Waals surface area contributed by atoms with Crippen LogP contribution in [0.4, 0.5) is 0 Å². The molecule has 2 unspecified atom stereocenters. The Balaban J connectivity index is 1.48. The Morgan fingerprint density at radius 1 is 1.11 bits per heavy atom. The summed E-state index contributed by atoms with van der Waals surface area (Å²) in [5, 5.41) is 0. The highest BCUT2D eigenvalue weighted by molar-refractivity contribution is 5.99. The van der Waals surface area contributed by atoms with Crippen molar-refractivity contribution in [2.75, 3.05) is 7.11 Å². The number of hydrogen-bond donors (Lipinski definition) is 0. The van der Waals surface area contributed by atoms with E-state index in [1.165, 1.54) is 12.1 Å². The van der Waals surface area contributed by atoms with Gasteiger partial charge >= 0.3 is 5.97 Å². The number of ether oxygens (including phenoxy) is 2. The van der Waals surface area contributed by atoms with Gasteiger partial charge in [0.15, 0.2) is 17.2 Å². The molecule has 6 rings (SSSR count). The summed E-state index contributed by atoms with van der Waals surface area (Å²) in [6, 6.07) is 3.98. The van der Waals surface area contributed by atoms with Gasteiger partial charge in [0.2, 0.25) is 0 Å². The van der Waals surface area contributed by atoms with E-state index in [2.05, 4.69) is 30.5 Å². The lowest BCUT2D eigenvalue weighted by Gasteiger charge is -2.38. The molecule has 7 atom stereocenters. The fourth-order valence-electron chi connectivity index (χ4n) is 7.80. The maximum atomic E-state index is 13.8. The first-order valence-corrected chi connectivity index (χ1v) is 14.0. The van der Waals surface area contributed by atoms with Crippen LogP contribution in [0, 0.1) is 23.7 Å². The second-order valence-corrected chi connectivity index (χ2v) is 11.5. The molecule has 6 heteroatoms. The third-order valence-electron chi connectivity index (χ3n) is 9.54. The van der Waals surface area contributed by atoms with Crippen molar-refractivity contribution in [3.63, 3.8) is 0 Å². The summed E-state index contributed by atoms with van der Waals surface area (Å²) < 4.78 is 13.9. The second kappa shape index (κ2) is 9.35. The van der Waals surface area contributed by atoms with Gasteiger partial charge in [-0.25, -0.2) is 4.98 Å². The summed E-state index contributed by atoms with van der Waals surface area (Å²) in [6.45, 7) is 4.16. The van der Waals surface area contributed by atoms with Gasteiger partial charge in [-0.2, -0.15) is 0 Å². The summed E-state index contributed by atoms with van der Waals surface area (Å²) in [5.74, 6) is 1.81. The average Bonchev–Trinajstić information content (AvgIpc) is 3.59. The number of fused-ring (bicyclic) bond motifs is 10. The van der Waals surface area contributed by atoms with Crippen LogP contribution < -0.4 is 4.74 Å². The van der Waals surface area contributed by atoms with E-state index in [0.29, 0.717) is 11.8 Å². The lowest BCUT2D eigenvalue weighted by atomic mass is 9.66. The van der Waals surface area contributed by atoms with Gasteiger partial charge in [-0.1, -0.05) is 32.8 Å². The van der Waals surface area contributed by atoms with E-state index in [4.69, 9.17) is 14.5 Å². The van der Waals surface area contributed by atoms with Crippen molar-refractivity contribution in [3.05, 3.63) is 41.4 Å². The molecule has 0 N–H and O–H groups in total. The number of aromatic nitrogens is 2. The zero-order valence-electron chi connectivity index (χ0n) is 21.7. The molecule has 3 aliphatic carbocycles. The van der Waals surface area contributed by atoms with Gasteiger partial charge in [-0.15, -0.1) is 0 Å². The van der Waals surface area contributed by atoms with Gasteiger partial charge in [0.1, 0.15) is 6.10 Å². The van der Waals surface area contributed by atoms with Crippen molar-refractivity contribution >= 4 is 17.4 Å². The number of carbonyl (C=O) groups is 2. The number of pyridine rings is 1. The quantitative estimate of drug-likeness (QED) is 0.484. The second-order valence-electron chi connectivity index (χ2n) is 11.5. The number of methoxy groups -OCH3 is 1. The van der Waals surface area contributed by atoms with E-state index in [1.54, 1.807) is 7.11 Å². The number of hydrogen-bond acceptors (Lipinski definition) is 5. The highest BCUT2D eigenvalue weighted by Gasteiger charge is 2.54. The lowest BCUT2D eigenvalue weighted by molar-refractivity contribution is -0.150. The molecule has 2 aromatic heterocycles. The Morgan fingerprint density at radius 3 is 2.75 bits per heavy atom. The van der Waals surface area contributed by atoms with Gasteiger partial charge in [0.05, 0.1) is 19.2 Å². The number of nitrogens with zero attached hydrogens (tertiary/aromatic N) is 2. The standard InChI is InChI=1S/C30H38N2O4/c1-4-18-10-6-5-9-17(2)29(34)23-15-21-19-11-7-12-20(19)28-27(26(21)22(23)16-25(33)36-18)31-30-24(35-3)13-8-14-32(28)30/h8,13-15,17-22,26H,4-7,9-12,16H2,1-3H3/t17-,18+,19-,20?,21+,22-,26?/m1/s1. The normalized spacial score (nSPS) is 34.5. The third kappa shape index (κ3) is 3.71. The minimum atomic E-state index is -0.175. The monoisotopic (exact) mass is 490 g/mol.